The lowest BCUT2D eigenvalue weighted by molar-refractivity contribution is 0.443. The summed E-state index contributed by atoms with van der Waals surface area (Å²) in [5.74, 6) is 1.41. The number of piperidine rings is 1. The lowest BCUT2D eigenvalue weighted by Crippen LogP contribution is -2.36. The number of H-pyrrole nitrogens is 1. The highest BCUT2D eigenvalue weighted by Crippen LogP contribution is 2.21. The van der Waals surface area contributed by atoms with Gasteiger partial charge >= 0.3 is 5.69 Å². The highest BCUT2D eigenvalue weighted by molar-refractivity contribution is 5.41. The summed E-state index contributed by atoms with van der Waals surface area (Å²) in [6, 6.07) is 0. The number of hydrogen-bond acceptors (Lipinski definition) is 4. The molecule has 5 heteroatoms. The van der Waals surface area contributed by atoms with E-state index >= 15 is 0 Å². The fourth-order valence-corrected chi connectivity index (χ4v) is 2.07. The van der Waals surface area contributed by atoms with Gasteiger partial charge in [-0.25, -0.2) is 9.89 Å². The Bertz CT molecular complexity index is 401. The van der Waals surface area contributed by atoms with Gasteiger partial charge in [-0.1, -0.05) is 6.92 Å². The molecule has 0 amide bonds. The van der Waals surface area contributed by atoms with Crippen LogP contribution in [0.5, 0.6) is 0 Å². The second-order valence-corrected chi connectivity index (χ2v) is 4.24. The van der Waals surface area contributed by atoms with Crippen LogP contribution >= 0.6 is 0 Å². The van der Waals surface area contributed by atoms with Gasteiger partial charge in [-0.15, -0.1) is 0 Å². The monoisotopic (exact) mass is 208 g/mol. The van der Waals surface area contributed by atoms with Crippen molar-refractivity contribution in [2.75, 3.05) is 18.0 Å². The maximum atomic E-state index is 11.1. The maximum absolute atomic E-state index is 11.1. The van der Waals surface area contributed by atoms with E-state index in [4.69, 9.17) is 0 Å². The van der Waals surface area contributed by atoms with E-state index in [0.29, 0.717) is 5.92 Å². The van der Waals surface area contributed by atoms with Gasteiger partial charge in [0, 0.05) is 13.1 Å². The summed E-state index contributed by atoms with van der Waals surface area (Å²) in [4.78, 5) is 17.3. The van der Waals surface area contributed by atoms with E-state index < -0.39 is 0 Å². The zero-order chi connectivity index (χ0) is 10.8. The predicted octanol–water partition coefficient (Wildman–Crippen LogP) is 0.710. The van der Waals surface area contributed by atoms with E-state index in [1.165, 1.54) is 6.42 Å². The van der Waals surface area contributed by atoms with E-state index in [9.17, 15) is 4.79 Å². The fraction of sp³-hybridized carbons (Fsp3) is 0.700. The highest BCUT2D eigenvalue weighted by Gasteiger charge is 2.19. The number of anilines is 1. The van der Waals surface area contributed by atoms with Crippen molar-refractivity contribution < 1.29 is 0 Å². The van der Waals surface area contributed by atoms with Gasteiger partial charge in [-0.05, 0) is 25.7 Å². The average molecular weight is 208 g/mol. The highest BCUT2D eigenvalue weighted by atomic mass is 16.1. The van der Waals surface area contributed by atoms with E-state index in [1.54, 1.807) is 0 Å². The molecular formula is C10H16N4O. The van der Waals surface area contributed by atoms with Gasteiger partial charge in [-0.3, -0.25) is 0 Å². The predicted molar refractivity (Wildman–Crippen MR) is 58.0 cm³/mol. The first-order valence-electron chi connectivity index (χ1n) is 5.35. The van der Waals surface area contributed by atoms with Gasteiger partial charge in [0.25, 0.3) is 0 Å². The molecule has 2 rings (SSSR count). The third-order valence-corrected chi connectivity index (χ3v) is 2.81. The first-order chi connectivity index (χ1) is 7.16. The summed E-state index contributed by atoms with van der Waals surface area (Å²) in [7, 11) is 0. The van der Waals surface area contributed by atoms with Crippen molar-refractivity contribution in [1.82, 2.24) is 15.2 Å². The van der Waals surface area contributed by atoms with Crippen LogP contribution < -0.4 is 10.6 Å². The van der Waals surface area contributed by atoms with Gasteiger partial charge in [-0.2, -0.15) is 10.1 Å². The minimum atomic E-state index is -0.367. The summed E-state index contributed by atoms with van der Waals surface area (Å²) in [5.41, 5.74) is 0.428. The SMILES string of the molecule is Cc1n[nH]c(=O)nc1N1CCC[C@H](C)C1. The third kappa shape index (κ3) is 2.16. The second-order valence-electron chi connectivity index (χ2n) is 4.24. The molecule has 1 aliphatic heterocycles. The molecule has 1 fully saturated rings. The lowest BCUT2D eigenvalue weighted by Gasteiger charge is -2.31. The number of nitrogens with zero attached hydrogens (tertiary/aromatic N) is 3. The minimum Gasteiger partial charge on any atom is -0.355 e. The number of rotatable bonds is 1. The number of aryl methyl sites for hydroxylation is 1. The Kier molecular flexibility index (Phi) is 2.70. The smallest absolute Gasteiger partial charge is 0.355 e. The number of hydrogen-bond donors (Lipinski definition) is 1. The van der Waals surface area contributed by atoms with Crippen LogP contribution in [0.25, 0.3) is 0 Å². The van der Waals surface area contributed by atoms with Crippen molar-refractivity contribution in [3.05, 3.63) is 16.2 Å². The largest absolute Gasteiger partial charge is 0.363 e. The first-order valence-corrected chi connectivity index (χ1v) is 5.35. The first kappa shape index (κ1) is 10.1. The molecule has 1 atom stereocenters. The Hall–Kier alpha value is -1.39. The molecular weight excluding hydrogens is 192 g/mol. The normalized spacial score (nSPS) is 21.7. The van der Waals surface area contributed by atoms with Crippen LogP contribution in [-0.4, -0.2) is 28.3 Å². The standard InChI is InChI=1S/C10H16N4O/c1-7-4-3-5-14(6-7)9-8(2)12-13-10(15)11-9/h7H,3-6H2,1-2H3,(H,11,13,15)/t7-/m0/s1. The quantitative estimate of drug-likeness (QED) is 0.738. The van der Waals surface area contributed by atoms with Crippen molar-refractivity contribution >= 4 is 5.82 Å². The topological polar surface area (TPSA) is 61.9 Å². The van der Waals surface area contributed by atoms with Crippen molar-refractivity contribution in [3.63, 3.8) is 0 Å². The molecule has 0 radical (unpaired) electrons. The third-order valence-electron chi connectivity index (χ3n) is 2.81. The molecule has 1 aromatic rings. The Morgan fingerprint density at radius 3 is 3.07 bits per heavy atom. The molecule has 5 nitrogen and oxygen atoms in total. The Morgan fingerprint density at radius 1 is 1.53 bits per heavy atom. The second kappa shape index (κ2) is 4.00. The molecule has 0 spiro atoms. The molecule has 0 saturated carbocycles. The molecule has 0 aromatic carbocycles. The summed E-state index contributed by atoms with van der Waals surface area (Å²) < 4.78 is 0. The molecule has 1 aliphatic rings. The van der Waals surface area contributed by atoms with Crippen LogP contribution in [0.2, 0.25) is 0 Å². The van der Waals surface area contributed by atoms with E-state index in [0.717, 1.165) is 31.0 Å². The fourth-order valence-electron chi connectivity index (χ4n) is 2.07. The Balaban J connectivity index is 2.27. The average Bonchev–Trinajstić information content (AvgIpc) is 2.22. The molecule has 0 bridgehead atoms. The van der Waals surface area contributed by atoms with Crippen molar-refractivity contribution in [3.8, 4) is 0 Å². The van der Waals surface area contributed by atoms with E-state index in [-0.39, 0.29) is 5.69 Å². The zero-order valence-corrected chi connectivity index (χ0v) is 9.16. The summed E-state index contributed by atoms with van der Waals surface area (Å²) in [6.45, 7) is 6.04. The number of aromatic amines is 1. The van der Waals surface area contributed by atoms with Crippen LogP contribution in [-0.2, 0) is 0 Å². The Labute approximate surface area is 88.5 Å². The van der Waals surface area contributed by atoms with Crippen LogP contribution in [0.4, 0.5) is 5.82 Å². The van der Waals surface area contributed by atoms with E-state index in [2.05, 4.69) is 27.0 Å². The van der Waals surface area contributed by atoms with Crippen LogP contribution in [0.3, 0.4) is 0 Å². The molecule has 15 heavy (non-hydrogen) atoms. The van der Waals surface area contributed by atoms with Crippen LogP contribution in [0, 0.1) is 12.8 Å². The number of nitrogens with one attached hydrogen (secondary N) is 1. The molecule has 0 aliphatic carbocycles. The van der Waals surface area contributed by atoms with Gasteiger partial charge in [0.2, 0.25) is 0 Å². The van der Waals surface area contributed by atoms with Crippen molar-refractivity contribution in [1.29, 1.82) is 0 Å². The van der Waals surface area contributed by atoms with Crippen LogP contribution in [0.1, 0.15) is 25.5 Å². The van der Waals surface area contributed by atoms with Gasteiger partial charge < -0.3 is 4.90 Å². The van der Waals surface area contributed by atoms with Crippen molar-refractivity contribution in [2.24, 2.45) is 5.92 Å². The molecule has 0 unspecified atom stereocenters. The summed E-state index contributed by atoms with van der Waals surface area (Å²) >= 11 is 0. The minimum absolute atomic E-state index is 0.367. The number of aromatic nitrogens is 3. The van der Waals surface area contributed by atoms with E-state index in [1.807, 2.05) is 6.92 Å². The van der Waals surface area contributed by atoms with Crippen LogP contribution in [0.15, 0.2) is 4.79 Å². The summed E-state index contributed by atoms with van der Waals surface area (Å²) in [5, 5.41) is 6.28. The molecule has 2 heterocycles. The molecule has 1 N–H and O–H groups in total. The molecule has 1 aromatic heterocycles. The maximum Gasteiger partial charge on any atom is 0.363 e. The molecule has 82 valence electrons. The van der Waals surface area contributed by atoms with Gasteiger partial charge in [0.1, 0.15) is 5.69 Å². The van der Waals surface area contributed by atoms with Crippen molar-refractivity contribution in [2.45, 2.75) is 26.7 Å². The van der Waals surface area contributed by atoms with Gasteiger partial charge in [0.15, 0.2) is 5.82 Å². The lowest BCUT2D eigenvalue weighted by atomic mass is 10.0. The molecule has 1 saturated heterocycles. The summed E-state index contributed by atoms with van der Waals surface area (Å²) in [6.07, 6.45) is 2.42. The Morgan fingerprint density at radius 2 is 2.33 bits per heavy atom. The van der Waals surface area contributed by atoms with Gasteiger partial charge in [0.05, 0.1) is 0 Å². The zero-order valence-electron chi connectivity index (χ0n) is 9.16.